The van der Waals surface area contributed by atoms with Crippen LogP contribution in [-0.4, -0.2) is 17.9 Å². The van der Waals surface area contributed by atoms with E-state index in [0.29, 0.717) is 12.3 Å². The second kappa shape index (κ2) is 4.30. The number of para-hydroxylation sites is 1. The van der Waals surface area contributed by atoms with Crippen LogP contribution in [0.5, 0.6) is 5.75 Å². The van der Waals surface area contributed by atoms with Gasteiger partial charge in [0.25, 0.3) is 0 Å². The Morgan fingerprint density at radius 2 is 2.29 bits per heavy atom. The number of hydrogen-bond acceptors (Lipinski definition) is 4. The highest BCUT2D eigenvalue weighted by atomic mass is 32.1. The molecule has 2 aromatic rings. The molecule has 0 N–H and O–H groups in total. The fourth-order valence-electron chi connectivity index (χ4n) is 2.11. The number of carbonyl (C=O) groups is 1. The van der Waals surface area contributed by atoms with Crippen molar-refractivity contribution >= 4 is 17.6 Å². The number of ether oxygens (including phenoxy) is 1. The first-order chi connectivity index (χ1) is 8.38. The molecule has 17 heavy (non-hydrogen) atoms. The largest absolute Gasteiger partial charge is 0.493 e. The van der Waals surface area contributed by atoms with E-state index in [0.717, 1.165) is 23.5 Å². The number of benzene rings is 1. The molecule has 4 heteroatoms. The highest BCUT2D eigenvalue weighted by Gasteiger charge is 2.24. The minimum atomic E-state index is 0.263. The van der Waals surface area contributed by atoms with Crippen molar-refractivity contribution in [1.82, 2.24) is 4.98 Å². The minimum Gasteiger partial charge on any atom is -0.493 e. The van der Waals surface area contributed by atoms with Crippen LogP contribution in [0.2, 0.25) is 0 Å². The Kier molecular flexibility index (Phi) is 2.65. The summed E-state index contributed by atoms with van der Waals surface area (Å²) in [6.07, 6.45) is 1.72. The number of thiazole rings is 1. The zero-order valence-corrected chi connectivity index (χ0v) is 9.94. The molecule has 1 aromatic carbocycles. The number of carbonyl (C=O) groups excluding carboxylic acids is 1. The molecule has 3 nitrogen and oxygen atoms in total. The average molecular weight is 245 g/mol. The van der Waals surface area contributed by atoms with Crippen LogP contribution in [-0.2, 0) is 0 Å². The van der Waals surface area contributed by atoms with Gasteiger partial charge in [0.1, 0.15) is 16.5 Å². The number of fused-ring (bicyclic) bond motifs is 1. The van der Waals surface area contributed by atoms with Gasteiger partial charge < -0.3 is 4.74 Å². The van der Waals surface area contributed by atoms with Crippen LogP contribution in [0.1, 0.15) is 33.4 Å². The Morgan fingerprint density at radius 1 is 1.41 bits per heavy atom. The SMILES string of the molecule is O=Cc1csc(C2CCOc3ccccc32)n1. The molecule has 0 amide bonds. The van der Waals surface area contributed by atoms with E-state index in [1.54, 1.807) is 16.7 Å². The zero-order chi connectivity index (χ0) is 11.7. The van der Waals surface area contributed by atoms with Gasteiger partial charge in [-0.3, -0.25) is 4.79 Å². The summed E-state index contributed by atoms with van der Waals surface area (Å²) < 4.78 is 5.62. The number of hydrogen-bond donors (Lipinski definition) is 0. The first kappa shape index (κ1) is 10.5. The van der Waals surface area contributed by atoms with E-state index in [2.05, 4.69) is 11.1 Å². The van der Waals surface area contributed by atoms with Gasteiger partial charge in [-0.2, -0.15) is 0 Å². The normalized spacial score (nSPS) is 18.2. The summed E-state index contributed by atoms with van der Waals surface area (Å²) in [7, 11) is 0. The molecule has 1 unspecified atom stereocenters. The molecule has 0 fully saturated rings. The maximum atomic E-state index is 10.7. The molecular formula is C13H11NO2S. The van der Waals surface area contributed by atoms with E-state index in [9.17, 15) is 4.79 Å². The molecule has 86 valence electrons. The molecule has 2 heterocycles. The molecule has 0 bridgehead atoms. The van der Waals surface area contributed by atoms with Crippen molar-refractivity contribution in [2.75, 3.05) is 6.61 Å². The molecule has 1 aromatic heterocycles. The monoisotopic (exact) mass is 245 g/mol. The Labute approximate surface area is 103 Å². The van der Waals surface area contributed by atoms with Crippen LogP contribution >= 0.6 is 11.3 Å². The Morgan fingerprint density at radius 3 is 3.12 bits per heavy atom. The Bertz CT molecular complexity index is 550. The fourth-order valence-corrected chi connectivity index (χ4v) is 3.03. The third-order valence-electron chi connectivity index (χ3n) is 2.92. The minimum absolute atomic E-state index is 0.263. The van der Waals surface area contributed by atoms with E-state index in [-0.39, 0.29) is 5.92 Å². The second-order valence-corrected chi connectivity index (χ2v) is 4.85. The summed E-state index contributed by atoms with van der Waals surface area (Å²) in [5.74, 6) is 1.20. The third-order valence-corrected chi connectivity index (χ3v) is 3.89. The maximum absolute atomic E-state index is 10.7. The predicted molar refractivity (Wildman–Crippen MR) is 65.9 cm³/mol. The maximum Gasteiger partial charge on any atom is 0.169 e. The molecule has 0 saturated heterocycles. The highest BCUT2D eigenvalue weighted by Crippen LogP contribution is 2.38. The number of nitrogens with zero attached hydrogens (tertiary/aromatic N) is 1. The molecule has 0 saturated carbocycles. The van der Waals surface area contributed by atoms with Crippen molar-refractivity contribution < 1.29 is 9.53 Å². The zero-order valence-electron chi connectivity index (χ0n) is 9.13. The van der Waals surface area contributed by atoms with Gasteiger partial charge in [-0.15, -0.1) is 11.3 Å². The second-order valence-electron chi connectivity index (χ2n) is 3.96. The lowest BCUT2D eigenvalue weighted by atomic mass is 9.94. The van der Waals surface area contributed by atoms with Crippen LogP contribution in [0.3, 0.4) is 0 Å². The van der Waals surface area contributed by atoms with E-state index in [4.69, 9.17) is 4.74 Å². The molecular weight excluding hydrogens is 234 g/mol. The Balaban J connectivity index is 2.02. The standard InChI is InChI=1S/C13H11NO2S/c15-7-9-8-17-13(14-9)11-5-6-16-12-4-2-1-3-10(11)12/h1-4,7-8,11H,5-6H2. The van der Waals surface area contributed by atoms with Crippen molar-refractivity contribution in [2.24, 2.45) is 0 Å². The first-order valence-electron chi connectivity index (χ1n) is 5.51. The molecule has 1 aliphatic heterocycles. The number of rotatable bonds is 2. The van der Waals surface area contributed by atoms with Crippen molar-refractivity contribution in [3.63, 3.8) is 0 Å². The molecule has 0 aliphatic carbocycles. The lowest BCUT2D eigenvalue weighted by molar-refractivity contribution is 0.111. The van der Waals surface area contributed by atoms with Crippen molar-refractivity contribution in [2.45, 2.75) is 12.3 Å². The van der Waals surface area contributed by atoms with Crippen molar-refractivity contribution in [3.05, 3.63) is 45.9 Å². The van der Waals surface area contributed by atoms with E-state index in [1.807, 2.05) is 18.2 Å². The van der Waals surface area contributed by atoms with Crippen LogP contribution in [0.4, 0.5) is 0 Å². The topological polar surface area (TPSA) is 39.2 Å². The summed E-state index contributed by atoms with van der Waals surface area (Å²) in [5, 5.41) is 2.81. The van der Waals surface area contributed by atoms with Gasteiger partial charge >= 0.3 is 0 Å². The molecule has 1 atom stereocenters. The van der Waals surface area contributed by atoms with E-state index >= 15 is 0 Å². The van der Waals surface area contributed by atoms with E-state index < -0.39 is 0 Å². The van der Waals surface area contributed by atoms with Gasteiger partial charge in [0.05, 0.1) is 6.61 Å². The van der Waals surface area contributed by atoms with Crippen molar-refractivity contribution in [3.8, 4) is 5.75 Å². The van der Waals surface area contributed by atoms with Gasteiger partial charge in [-0.25, -0.2) is 4.98 Å². The van der Waals surface area contributed by atoms with Crippen LogP contribution < -0.4 is 4.74 Å². The lowest BCUT2D eigenvalue weighted by Gasteiger charge is -2.24. The first-order valence-corrected chi connectivity index (χ1v) is 6.39. The molecule has 3 rings (SSSR count). The van der Waals surface area contributed by atoms with Gasteiger partial charge in [0.15, 0.2) is 6.29 Å². The summed E-state index contributed by atoms with van der Waals surface area (Å²) in [6, 6.07) is 8.03. The number of aldehydes is 1. The van der Waals surface area contributed by atoms with Crippen LogP contribution in [0.15, 0.2) is 29.6 Å². The third kappa shape index (κ3) is 1.85. The van der Waals surface area contributed by atoms with E-state index in [1.165, 1.54) is 5.56 Å². The van der Waals surface area contributed by atoms with Gasteiger partial charge in [0, 0.05) is 16.9 Å². The van der Waals surface area contributed by atoms with Crippen molar-refractivity contribution in [1.29, 1.82) is 0 Å². The summed E-state index contributed by atoms with van der Waals surface area (Å²) in [6.45, 7) is 0.706. The summed E-state index contributed by atoms with van der Waals surface area (Å²) in [4.78, 5) is 15.0. The Hall–Kier alpha value is -1.68. The molecule has 0 spiro atoms. The molecule has 0 radical (unpaired) electrons. The summed E-state index contributed by atoms with van der Waals surface area (Å²) >= 11 is 1.55. The van der Waals surface area contributed by atoms with Crippen LogP contribution in [0, 0.1) is 0 Å². The molecule has 1 aliphatic rings. The predicted octanol–water partition coefficient (Wildman–Crippen LogP) is 2.87. The number of aromatic nitrogens is 1. The van der Waals surface area contributed by atoms with Gasteiger partial charge in [0.2, 0.25) is 0 Å². The smallest absolute Gasteiger partial charge is 0.169 e. The highest BCUT2D eigenvalue weighted by molar-refractivity contribution is 7.09. The lowest BCUT2D eigenvalue weighted by Crippen LogP contribution is -2.14. The average Bonchev–Trinajstić information content (AvgIpc) is 2.87. The fraction of sp³-hybridized carbons (Fsp3) is 0.231. The van der Waals surface area contributed by atoms with Gasteiger partial charge in [-0.05, 0) is 12.5 Å². The van der Waals surface area contributed by atoms with Crippen LogP contribution in [0.25, 0.3) is 0 Å². The summed E-state index contributed by atoms with van der Waals surface area (Å²) in [5.41, 5.74) is 1.69. The quantitative estimate of drug-likeness (QED) is 0.764. The van der Waals surface area contributed by atoms with Gasteiger partial charge in [-0.1, -0.05) is 18.2 Å².